The largest absolute Gasteiger partial charge is 0.497 e. The molecule has 6 nitrogen and oxygen atoms in total. The van der Waals surface area contributed by atoms with Crippen LogP contribution in [0.1, 0.15) is 16.8 Å². The van der Waals surface area contributed by atoms with E-state index in [1.165, 1.54) is 12.3 Å². The van der Waals surface area contributed by atoms with Gasteiger partial charge in [0.1, 0.15) is 24.0 Å². The van der Waals surface area contributed by atoms with Gasteiger partial charge in [0.15, 0.2) is 0 Å². The molecule has 0 bridgehead atoms. The summed E-state index contributed by atoms with van der Waals surface area (Å²) in [6.45, 7) is 1.15. The monoisotopic (exact) mass is 557 g/mol. The lowest BCUT2D eigenvalue weighted by Crippen LogP contribution is -2.39. The van der Waals surface area contributed by atoms with Gasteiger partial charge in [-0.1, -0.05) is 23.7 Å². The van der Waals surface area contributed by atoms with Crippen LogP contribution in [0.5, 0.6) is 11.6 Å². The van der Waals surface area contributed by atoms with Crippen LogP contribution in [-0.4, -0.2) is 52.5 Å². The minimum atomic E-state index is -4.59. The van der Waals surface area contributed by atoms with Crippen molar-refractivity contribution < 1.29 is 27.8 Å². The van der Waals surface area contributed by atoms with Gasteiger partial charge < -0.3 is 19.1 Å². The Bertz CT molecular complexity index is 1440. The van der Waals surface area contributed by atoms with Crippen LogP contribution in [-0.2, 0) is 19.1 Å². The number of ether oxygens (including phenoxy) is 2. The number of alkyl halides is 3. The van der Waals surface area contributed by atoms with Crippen molar-refractivity contribution in [2.45, 2.75) is 25.2 Å². The number of hydrogen-bond acceptors (Lipinski definition) is 5. The van der Waals surface area contributed by atoms with Gasteiger partial charge in [-0.25, -0.2) is 4.98 Å². The van der Waals surface area contributed by atoms with Crippen molar-refractivity contribution in [1.82, 2.24) is 14.5 Å². The number of pyridine rings is 1. The molecule has 0 saturated carbocycles. The Labute approximate surface area is 229 Å². The molecule has 0 saturated heterocycles. The van der Waals surface area contributed by atoms with Gasteiger partial charge >= 0.3 is 6.18 Å². The van der Waals surface area contributed by atoms with Gasteiger partial charge in [0, 0.05) is 37.9 Å². The second-order valence-corrected chi connectivity index (χ2v) is 9.73. The average molecular weight is 558 g/mol. The summed E-state index contributed by atoms with van der Waals surface area (Å²) < 4.78 is 52.4. The lowest BCUT2D eigenvalue weighted by Gasteiger charge is -2.30. The van der Waals surface area contributed by atoms with E-state index in [0.717, 1.165) is 40.0 Å². The van der Waals surface area contributed by atoms with Crippen LogP contribution in [0.3, 0.4) is 0 Å². The molecule has 4 aromatic rings. The molecule has 1 aliphatic heterocycles. The zero-order valence-corrected chi connectivity index (χ0v) is 21.9. The smallest absolute Gasteiger partial charge is 0.421 e. The number of hydrogen-bond donors (Lipinski definition) is 1. The van der Waals surface area contributed by atoms with Gasteiger partial charge in [0.2, 0.25) is 5.88 Å². The van der Waals surface area contributed by atoms with E-state index >= 15 is 0 Å². The number of para-hydroxylation sites is 1. The van der Waals surface area contributed by atoms with Crippen LogP contribution < -0.4 is 9.47 Å². The van der Waals surface area contributed by atoms with Gasteiger partial charge in [-0.05, 0) is 65.7 Å². The molecular formula is C29H27ClF3N3O3. The Morgan fingerprint density at radius 1 is 1.08 bits per heavy atom. The fourth-order valence-corrected chi connectivity index (χ4v) is 5.10. The molecule has 1 atom stereocenters. The van der Waals surface area contributed by atoms with E-state index in [4.69, 9.17) is 21.1 Å². The van der Waals surface area contributed by atoms with E-state index in [1.54, 1.807) is 7.11 Å². The fourth-order valence-electron chi connectivity index (χ4n) is 4.88. The van der Waals surface area contributed by atoms with E-state index in [9.17, 15) is 18.3 Å². The van der Waals surface area contributed by atoms with Crippen molar-refractivity contribution in [1.29, 1.82) is 0 Å². The number of nitrogens with zero attached hydrogens (tertiary/aromatic N) is 3. The van der Waals surface area contributed by atoms with E-state index in [2.05, 4.69) is 20.5 Å². The molecule has 5 rings (SSSR count). The highest BCUT2D eigenvalue weighted by Gasteiger charge is 2.35. The number of fused-ring (bicyclic) bond motifs is 1. The minimum Gasteiger partial charge on any atom is -0.497 e. The van der Waals surface area contributed by atoms with E-state index in [0.29, 0.717) is 24.5 Å². The normalized spacial score (nSPS) is 14.6. The first kappa shape index (κ1) is 27.1. The Hall–Kier alpha value is -3.53. The van der Waals surface area contributed by atoms with Crippen molar-refractivity contribution in [3.05, 3.63) is 94.8 Å². The number of aliphatic hydroxyl groups is 1. The maximum absolute atomic E-state index is 13.2. The summed E-state index contributed by atoms with van der Waals surface area (Å²) in [4.78, 5) is 5.76. The van der Waals surface area contributed by atoms with Crippen molar-refractivity contribution in [2.75, 3.05) is 26.8 Å². The van der Waals surface area contributed by atoms with E-state index in [1.807, 2.05) is 48.5 Å². The number of halogens is 4. The highest BCUT2D eigenvalue weighted by atomic mass is 35.5. The molecule has 10 heteroatoms. The molecule has 39 heavy (non-hydrogen) atoms. The molecule has 0 fully saturated rings. The summed E-state index contributed by atoms with van der Waals surface area (Å²) in [6.07, 6.45) is -3.66. The first-order chi connectivity index (χ1) is 18.7. The third-order valence-corrected chi connectivity index (χ3v) is 7.01. The summed E-state index contributed by atoms with van der Waals surface area (Å²) in [5, 5.41) is 11.2. The first-order valence-electron chi connectivity index (χ1n) is 12.4. The second-order valence-electron chi connectivity index (χ2n) is 9.32. The van der Waals surface area contributed by atoms with Crippen molar-refractivity contribution in [3.63, 3.8) is 0 Å². The Morgan fingerprint density at radius 3 is 2.56 bits per heavy atom. The Balaban J connectivity index is 1.35. The van der Waals surface area contributed by atoms with Gasteiger partial charge in [0.05, 0.1) is 23.5 Å². The predicted molar refractivity (Wildman–Crippen MR) is 142 cm³/mol. The van der Waals surface area contributed by atoms with Gasteiger partial charge in [0.25, 0.3) is 0 Å². The van der Waals surface area contributed by atoms with Crippen LogP contribution in [0.2, 0.25) is 5.02 Å². The molecular weight excluding hydrogens is 531 g/mol. The first-order valence-corrected chi connectivity index (χ1v) is 12.8. The quantitative estimate of drug-likeness (QED) is 0.287. The number of methoxy groups -OCH3 is 1. The van der Waals surface area contributed by atoms with Crippen LogP contribution in [0, 0.1) is 0 Å². The Morgan fingerprint density at radius 2 is 1.85 bits per heavy atom. The average Bonchev–Trinajstić information content (AvgIpc) is 3.30. The molecule has 204 valence electrons. The topological polar surface area (TPSA) is 59.8 Å². The number of β-amino-alcohol motifs (C(OH)–C–C–N with tert-alkyl or cyclic N) is 1. The second kappa shape index (κ2) is 11.3. The summed E-state index contributed by atoms with van der Waals surface area (Å²) in [5.41, 5.74) is 4.11. The molecule has 1 unspecified atom stereocenters. The fraction of sp³-hybridized carbons (Fsp3) is 0.276. The molecule has 0 amide bonds. The summed E-state index contributed by atoms with van der Waals surface area (Å²) >= 11 is 6.61. The maximum atomic E-state index is 13.2. The third kappa shape index (κ3) is 5.90. The zero-order chi connectivity index (χ0) is 27.6. The maximum Gasteiger partial charge on any atom is 0.421 e. The van der Waals surface area contributed by atoms with E-state index < -0.39 is 23.7 Å². The van der Waals surface area contributed by atoms with Crippen LogP contribution in [0.4, 0.5) is 13.2 Å². The lowest BCUT2D eigenvalue weighted by molar-refractivity contribution is -0.139. The highest BCUT2D eigenvalue weighted by Crippen LogP contribution is 2.36. The van der Waals surface area contributed by atoms with Crippen molar-refractivity contribution in [3.8, 4) is 28.6 Å². The molecule has 1 aliphatic rings. The summed E-state index contributed by atoms with van der Waals surface area (Å²) in [5.74, 6) is 0.223. The molecule has 3 heterocycles. The molecule has 0 radical (unpaired) electrons. The third-order valence-electron chi connectivity index (χ3n) is 6.69. The molecule has 2 aromatic heterocycles. The molecule has 1 N–H and O–H groups in total. The van der Waals surface area contributed by atoms with Crippen molar-refractivity contribution in [2.24, 2.45) is 0 Å². The molecule has 2 aromatic carbocycles. The van der Waals surface area contributed by atoms with Crippen LogP contribution in [0.15, 0.2) is 72.9 Å². The van der Waals surface area contributed by atoms with Gasteiger partial charge in [-0.15, -0.1) is 0 Å². The number of aliphatic hydroxyl groups excluding tert-OH is 1. The summed E-state index contributed by atoms with van der Waals surface area (Å²) in [6, 6.07) is 19.7. The number of benzene rings is 2. The Kier molecular flexibility index (Phi) is 7.83. The summed E-state index contributed by atoms with van der Waals surface area (Å²) in [7, 11) is 1.62. The molecule has 0 spiro atoms. The van der Waals surface area contributed by atoms with Gasteiger partial charge in [-0.2, -0.15) is 13.2 Å². The number of rotatable bonds is 8. The predicted octanol–water partition coefficient (Wildman–Crippen LogP) is 6.02. The SMILES string of the molecule is COc1ccc(-c2cc3c(n2-c2ccccc2Cl)CCN(CC(O)COc2ncccc2C(F)(F)F)C3)cc1. The van der Waals surface area contributed by atoms with Crippen LogP contribution >= 0.6 is 11.6 Å². The highest BCUT2D eigenvalue weighted by molar-refractivity contribution is 6.32. The van der Waals surface area contributed by atoms with Gasteiger partial charge in [-0.3, -0.25) is 4.90 Å². The zero-order valence-electron chi connectivity index (χ0n) is 21.2. The van der Waals surface area contributed by atoms with E-state index in [-0.39, 0.29) is 13.2 Å². The molecule has 0 aliphatic carbocycles. The lowest BCUT2D eigenvalue weighted by atomic mass is 10.1. The minimum absolute atomic E-state index is 0.239. The van der Waals surface area contributed by atoms with Crippen molar-refractivity contribution >= 4 is 11.6 Å². The van der Waals surface area contributed by atoms with Crippen LogP contribution in [0.25, 0.3) is 16.9 Å². The number of aromatic nitrogens is 2. The standard InChI is InChI=1S/C29H27ClF3N3O3/c1-38-22-10-8-19(9-11-22)27-15-20-16-35(14-12-25(20)36(27)26-7-3-2-6-24(26)30)17-21(37)18-39-28-23(29(31,32)33)5-4-13-34-28/h2-11,13,15,21,37H,12,14,16-18H2,1H3.